The third-order valence-corrected chi connectivity index (χ3v) is 2.85. The van der Waals surface area contributed by atoms with E-state index in [1.165, 1.54) is 11.8 Å². The van der Waals surface area contributed by atoms with E-state index in [-0.39, 0.29) is 23.8 Å². The number of ketones is 1. The number of hydrogen-bond acceptors (Lipinski definition) is 4. The van der Waals surface area contributed by atoms with Gasteiger partial charge in [-0.05, 0) is 17.9 Å². The van der Waals surface area contributed by atoms with Crippen molar-refractivity contribution in [3.05, 3.63) is 22.6 Å². The summed E-state index contributed by atoms with van der Waals surface area (Å²) in [6.45, 7) is 1.95. The Labute approximate surface area is 97.5 Å². The fourth-order valence-electron chi connectivity index (χ4n) is 1.17. The Hall–Kier alpha value is -0.740. The number of rotatable bonds is 4. The minimum Gasteiger partial charge on any atom is -0.462 e. The lowest BCUT2D eigenvalue weighted by atomic mass is 10.1. The Balaban J connectivity index is 2.97. The maximum atomic E-state index is 11.5. The molecule has 0 aromatic rings. The number of hydrogen-bond donors (Lipinski definition) is 0. The molecule has 15 heavy (non-hydrogen) atoms. The van der Waals surface area contributed by atoms with Crippen molar-refractivity contribution in [1.29, 1.82) is 0 Å². The summed E-state index contributed by atoms with van der Waals surface area (Å²) in [7, 11) is 0. The number of alkyl halides is 1. The van der Waals surface area contributed by atoms with E-state index in [4.69, 9.17) is 16.3 Å². The predicted octanol–water partition coefficient (Wildman–Crippen LogP) is 1.91. The summed E-state index contributed by atoms with van der Waals surface area (Å²) < 4.78 is 4.82. The number of allylic oxidation sites excluding steroid dienone is 1. The van der Waals surface area contributed by atoms with E-state index >= 15 is 0 Å². The van der Waals surface area contributed by atoms with Crippen LogP contribution < -0.4 is 0 Å². The fourth-order valence-corrected chi connectivity index (χ4v) is 2.08. The Morgan fingerprint density at radius 1 is 1.60 bits per heavy atom. The van der Waals surface area contributed by atoms with Crippen LogP contribution in [0, 0.1) is 0 Å². The van der Waals surface area contributed by atoms with Crippen molar-refractivity contribution in [2.45, 2.75) is 6.92 Å². The average molecular weight is 247 g/mol. The van der Waals surface area contributed by atoms with Gasteiger partial charge in [-0.3, -0.25) is 4.79 Å². The highest BCUT2D eigenvalue weighted by atomic mass is 35.5. The van der Waals surface area contributed by atoms with E-state index in [0.717, 1.165) is 0 Å². The van der Waals surface area contributed by atoms with Crippen LogP contribution in [0.1, 0.15) is 6.92 Å². The van der Waals surface area contributed by atoms with E-state index < -0.39 is 5.97 Å². The van der Waals surface area contributed by atoms with Gasteiger partial charge >= 0.3 is 5.97 Å². The van der Waals surface area contributed by atoms with Crippen molar-refractivity contribution in [2.75, 3.05) is 18.2 Å². The van der Waals surface area contributed by atoms with Gasteiger partial charge in [0.1, 0.15) is 5.57 Å². The molecule has 3 nitrogen and oxygen atoms in total. The molecular formula is C10H11ClO3S. The van der Waals surface area contributed by atoms with Gasteiger partial charge in [-0.15, -0.1) is 23.4 Å². The second-order valence-electron chi connectivity index (χ2n) is 2.79. The first-order chi connectivity index (χ1) is 7.20. The lowest BCUT2D eigenvalue weighted by Crippen LogP contribution is -2.19. The van der Waals surface area contributed by atoms with Gasteiger partial charge in [0, 0.05) is 5.75 Å². The molecule has 0 aromatic carbocycles. The molecule has 0 saturated heterocycles. The number of ether oxygens (including phenoxy) is 1. The molecule has 5 heteroatoms. The van der Waals surface area contributed by atoms with Crippen molar-refractivity contribution in [1.82, 2.24) is 0 Å². The number of Topliss-reactive ketones (excluding diaryl/α,β-unsaturated/α-hetero) is 1. The second kappa shape index (κ2) is 5.98. The molecule has 0 amide bonds. The molecule has 82 valence electrons. The summed E-state index contributed by atoms with van der Waals surface area (Å²) in [5, 5.41) is 1.84. The first kappa shape index (κ1) is 12.3. The SMILES string of the molecule is CCOC(=O)C(C(=O)CCl)=C1C=CSC1. The first-order valence-electron chi connectivity index (χ1n) is 4.48. The van der Waals surface area contributed by atoms with Gasteiger partial charge in [0.05, 0.1) is 12.5 Å². The van der Waals surface area contributed by atoms with Gasteiger partial charge in [-0.25, -0.2) is 4.79 Å². The van der Waals surface area contributed by atoms with E-state index in [2.05, 4.69) is 0 Å². The van der Waals surface area contributed by atoms with Gasteiger partial charge in [0.25, 0.3) is 0 Å². The van der Waals surface area contributed by atoms with Crippen LogP contribution in [-0.2, 0) is 14.3 Å². The molecule has 0 saturated carbocycles. The van der Waals surface area contributed by atoms with Crippen molar-refractivity contribution >= 4 is 35.1 Å². The highest BCUT2D eigenvalue weighted by Crippen LogP contribution is 2.24. The molecule has 0 spiro atoms. The Morgan fingerprint density at radius 2 is 2.33 bits per heavy atom. The molecule has 1 rings (SSSR count). The van der Waals surface area contributed by atoms with Crippen LogP contribution in [0.25, 0.3) is 0 Å². The first-order valence-corrected chi connectivity index (χ1v) is 6.06. The minimum atomic E-state index is -0.578. The Morgan fingerprint density at radius 3 is 2.80 bits per heavy atom. The standard InChI is InChI=1S/C10H11ClO3S/c1-2-14-10(13)9(8(12)5-11)7-3-4-15-6-7/h3-4H,2,5-6H2,1H3. The maximum absolute atomic E-state index is 11.5. The fraction of sp³-hybridized carbons (Fsp3) is 0.400. The monoisotopic (exact) mass is 246 g/mol. The molecule has 0 N–H and O–H groups in total. The van der Waals surface area contributed by atoms with Crippen LogP contribution in [0.3, 0.4) is 0 Å². The lowest BCUT2D eigenvalue weighted by molar-refractivity contribution is -0.139. The molecule has 0 radical (unpaired) electrons. The topological polar surface area (TPSA) is 43.4 Å². The zero-order chi connectivity index (χ0) is 11.3. The summed E-state index contributed by atoms with van der Waals surface area (Å²) in [6, 6.07) is 0. The average Bonchev–Trinajstić information content (AvgIpc) is 2.71. The third-order valence-electron chi connectivity index (χ3n) is 1.81. The lowest BCUT2D eigenvalue weighted by Gasteiger charge is -2.06. The Kier molecular flexibility index (Phi) is 4.91. The molecule has 0 aromatic heterocycles. The predicted molar refractivity (Wildman–Crippen MR) is 61.0 cm³/mol. The second-order valence-corrected chi connectivity index (χ2v) is 3.95. The van der Waals surface area contributed by atoms with Crippen LogP contribution in [0.2, 0.25) is 0 Å². The van der Waals surface area contributed by atoms with E-state index in [1.54, 1.807) is 13.0 Å². The summed E-state index contributed by atoms with van der Waals surface area (Å²) in [4.78, 5) is 23.0. The third kappa shape index (κ3) is 3.11. The molecule has 0 aliphatic carbocycles. The van der Waals surface area contributed by atoms with Crippen LogP contribution in [0.15, 0.2) is 22.6 Å². The number of halogens is 1. The number of carbonyl (C=O) groups excluding carboxylic acids is 2. The van der Waals surface area contributed by atoms with Crippen molar-refractivity contribution in [2.24, 2.45) is 0 Å². The zero-order valence-corrected chi connectivity index (χ0v) is 9.86. The maximum Gasteiger partial charge on any atom is 0.342 e. The van der Waals surface area contributed by atoms with Crippen LogP contribution in [-0.4, -0.2) is 30.0 Å². The van der Waals surface area contributed by atoms with Gasteiger partial charge in [-0.2, -0.15) is 0 Å². The zero-order valence-electron chi connectivity index (χ0n) is 8.29. The number of esters is 1. The molecule has 0 fully saturated rings. The summed E-state index contributed by atoms with van der Waals surface area (Å²) in [5.74, 6) is -0.532. The van der Waals surface area contributed by atoms with Crippen molar-refractivity contribution in [3.63, 3.8) is 0 Å². The van der Waals surface area contributed by atoms with E-state index in [9.17, 15) is 9.59 Å². The largest absolute Gasteiger partial charge is 0.462 e. The summed E-state index contributed by atoms with van der Waals surface area (Å²) in [6.07, 6.45) is 1.75. The highest BCUT2D eigenvalue weighted by molar-refractivity contribution is 8.02. The summed E-state index contributed by atoms with van der Waals surface area (Å²) in [5.41, 5.74) is 0.789. The van der Waals surface area contributed by atoms with Crippen molar-refractivity contribution < 1.29 is 14.3 Å². The minimum absolute atomic E-state index is 0.0908. The smallest absolute Gasteiger partial charge is 0.342 e. The van der Waals surface area contributed by atoms with E-state index in [1.807, 2.05) is 5.41 Å². The normalized spacial score (nSPS) is 17.7. The molecule has 0 atom stereocenters. The van der Waals surface area contributed by atoms with Crippen molar-refractivity contribution in [3.8, 4) is 0 Å². The quantitative estimate of drug-likeness (QED) is 0.250. The molecule has 0 unspecified atom stereocenters. The summed E-state index contributed by atoms with van der Waals surface area (Å²) >= 11 is 6.98. The molecule has 1 aliphatic heterocycles. The van der Waals surface area contributed by atoms with Gasteiger partial charge in [-0.1, -0.05) is 6.08 Å². The van der Waals surface area contributed by atoms with E-state index in [0.29, 0.717) is 11.3 Å². The number of carbonyl (C=O) groups is 2. The van der Waals surface area contributed by atoms with Crippen LogP contribution in [0.5, 0.6) is 0 Å². The molecule has 1 heterocycles. The highest BCUT2D eigenvalue weighted by Gasteiger charge is 2.23. The van der Waals surface area contributed by atoms with Gasteiger partial charge in [0.2, 0.25) is 0 Å². The van der Waals surface area contributed by atoms with Crippen LogP contribution in [0.4, 0.5) is 0 Å². The molecular weight excluding hydrogens is 236 g/mol. The van der Waals surface area contributed by atoms with Crippen LogP contribution >= 0.6 is 23.4 Å². The van der Waals surface area contributed by atoms with Gasteiger partial charge in [0.15, 0.2) is 5.78 Å². The molecule has 1 aliphatic rings. The number of thioether (sulfide) groups is 1. The Bertz CT molecular complexity index is 334. The molecule has 0 bridgehead atoms. The van der Waals surface area contributed by atoms with Gasteiger partial charge < -0.3 is 4.74 Å².